The molecule has 9 nitrogen and oxygen atoms in total. The lowest BCUT2D eigenvalue weighted by Gasteiger charge is -2.14. The highest BCUT2D eigenvalue weighted by Gasteiger charge is 2.63. The molecule has 0 saturated carbocycles. The van der Waals surface area contributed by atoms with Gasteiger partial charge in [-0.1, -0.05) is 12.1 Å². The van der Waals surface area contributed by atoms with E-state index >= 15 is 0 Å². The van der Waals surface area contributed by atoms with Crippen molar-refractivity contribution in [1.82, 2.24) is 30.9 Å². The van der Waals surface area contributed by atoms with Gasteiger partial charge in [-0.05, 0) is 11.3 Å². The minimum absolute atomic E-state index is 0.208. The van der Waals surface area contributed by atoms with E-state index in [0.717, 1.165) is 0 Å². The Labute approximate surface area is 143 Å². The number of aromatic amines is 2. The maximum absolute atomic E-state index is 12.8. The number of amides is 1. The number of benzene rings is 1. The lowest BCUT2D eigenvalue weighted by atomic mass is 10.1. The molecule has 1 aliphatic heterocycles. The van der Waals surface area contributed by atoms with Crippen molar-refractivity contribution in [2.24, 2.45) is 10.2 Å². The molecule has 0 spiro atoms. The highest BCUT2D eigenvalue weighted by Crippen LogP contribution is 2.46. The summed E-state index contributed by atoms with van der Waals surface area (Å²) in [6.45, 7) is -0.208. The maximum Gasteiger partial charge on any atom is 0.437 e. The predicted molar refractivity (Wildman–Crippen MR) is 82.1 cm³/mol. The van der Waals surface area contributed by atoms with E-state index in [4.69, 9.17) is 0 Å². The smallest absolute Gasteiger partial charge is 0.360 e. The summed E-state index contributed by atoms with van der Waals surface area (Å²) in [5, 5.41) is 22.9. The van der Waals surface area contributed by atoms with Crippen LogP contribution in [0.3, 0.4) is 0 Å². The standard InChI is InChI=1S/C14H11F3N8O/c15-14(16,17)13(22-23-13)4-5-18-12(26)8-3-1-2-7-9(6-19-10(7)8)11-20-24-25-21-11/h1-3,6,19H,4-5H2,(H,18,26)(H,20,21,24,25). The summed E-state index contributed by atoms with van der Waals surface area (Å²) in [7, 11) is 0. The fourth-order valence-electron chi connectivity index (χ4n) is 2.67. The minimum Gasteiger partial charge on any atom is -0.360 e. The Morgan fingerprint density at radius 2 is 2.08 bits per heavy atom. The quantitative estimate of drug-likeness (QED) is 0.642. The lowest BCUT2D eigenvalue weighted by Crippen LogP contribution is -2.37. The van der Waals surface area contributed by atoms with Crippen LogP contribution in [-0.4, -0.2) is 49.9 Å². The van der Waals surface area contributed by atoms with E-state index in [1.54, 1.807) is 24.4 Å². The number of nitrogens with one attached hydrogen (secondary N) is 3. The molecule has 12 heteroatoms. The van der Waals surface area contributed by atoms with E-state index in [9.17, 15) is 18.0 Å². The fourth-order valence-corrected chi connectivity index (χ4v) is 2.67. The summed E-state index contributed by atoms with van der Waals surface area (Å²) >= 11 is 0. The van der Waals surface area contributed by atoms with Crippen LogP contribution in [0.4, 0.5) is 13.2 Å². The fraction of sp³-hybridized carbons (Fsp3) is 0.286. The Balaban J connectivity index is 1.51. The third kappa shape index (κ3) is 2.59. The zero-order valence-electron chi connectivity index (χ0n) is 13.0. The van der Waals surface area contributed by atoms with Crippen molar-refractivity contribution in [1.29, 1.82) is 0 Å². The molecule has 0 bridgehead atoms. The van der Waals surface area contributed by atoms with Crippen molar-refractivity contribution in [2.45, 2.75) is 18.3 Å². The molecule has 2 aromatic heterocycles. The largest absolute Gasteiger partial charge is 0.437 e. The molecule has 0 saturated heterocycles. The summed E-state index contributed by atoms with van der Waals surface area (Å²) in [4.78, 5) is 15.4. The van der Waals surface area contributed by atoms with Gasteiger partial charge in [0.2, 0.25) is 5.82 Å². The first-order chi connectivity index (χ1) is 12.4. The Kier molecular flexibility index (Phi) is 3.49. The number of carbonyl (C=O) groups excluding carboxylic acids is 1. The zero-order chi connectivity index (χ0) is 18.4. The summed E-state index contributed by atoms with van der Waals surface area (Å²) in [6, 6.07) is 5.01. The Bertz CT molecular complexity index is 985. The topological polar surface area (TPSA) is 124 Å². The molecule has 1 aromatic carbocycles. The Hall–Kier alpha value is -3.31. The number of hydrogen-bond donors (Lipinski definition) is 3. The number of hydrogen-bond acceptors (Lipinski definition) is 6. The zero-order valence-corrected chi connectivity index (χ0v) is 13.0. The van der Waals surface area contributed by atoms with E-state index in [1.165, 1.54) is 0 Å². The second-order valence-corrected chi connectivity index (χ2v) is 5.69. The SMILES string of the molecule is O=C(NCCC1(C(F)(F)F)N=N1)c1cccc2c(-c3nn[nH]n3)c[nH]c12. The average molecular weight is 364 g/mol. The number of fused-ring (bicyclic) bond motifs is 1. The number of tetrazole rings is 1. The maximum atomic E-state index is 12.8. The average Bonchev–Trinajstić information content (AvgIpc) is 3.04. The number of para-hydroxylation sites is 1. The van der Waals surface area contributed by atoms with Gasteiger partial charge in [-0.15, -0.1) is 20.4 Å². The molecule has 3 aromatic rings. The van der Waals surface area contributed by atoms with Crippen LogP contribution in [0.1, 0.15) is 16.8 Å². The van der Waals surface area contributed by atoms with Gasteiger partial charge in [-0.2, -0.15) is 18.4 Å². The van der Waals surface area contributed by atoms with Crippen LogP contribution in [0.2, 0.25) is 0 Å². The monoisotopic (exact) mass is 364 g/mol. The number of nitrogens with zero attached hydrogens (tertiary/aromatic N) is 5. The second-order valence-electron chi connectivity index (χ2n) is 5.69. The van der Waals surface area contributed by atoms with E-state index in [1.807, 2.05) is 0 Å². The first-order valence-electron chi connectivity index (χ1n) is 7.54. The van der Waals surface area contributed by atoms with Crippen molar-refractivity contribution in [3.05, 3.63) is 30.0 Å². The minimum atomic E-state index is -4.54. The van der Waals surface area contributed by atoms with E-state index < -0.39 is 24.2 Å². The molecule has 1 amide bonds. The van der Waals surface area contributed by atoms with Gasteiger partial charge in [0.25, 0.3) is 11.6 Å². The van der Waals surface area contributed by atoms with Gasteiger partial charge in [-0.25, -0.2) is 0 Å². The van der Waals surface area contributed by atoms with E-state index in [0.29, 0.717) is 27.9 Å². The van der Waals surface area contributed by atoms with Crippen LogP contribution in [0.25, 0.3) is 22.3 Å². The van der Waals surface area contributed by atoms with Crippen LogP contribution in [0, 0.1) is 0 Å². The number of alkyl halides is 3. The molecule has 3 heterocycles. The first kappa shape index (κ1) is 16.2. The summed E-state index contributed by atoms with van der Waals surface area (Å²) < 4.78 is 38.3. The van der Waals surface area contributed by atoms with Crippen LogP contribution in [0.5, 0.6) is 0 Å². The van der Waals surface area contributed by atoms with Gasteiger partial charge in [0.15, 0.2) is 0 Å². The van der Waals surface area contributed by atoms with Gasteiger partial charge in [0, 0.05) is 30.1 Å². The van der Waals surface area contributed by atoms with Crippen LogP contribution < -0.4 is 5.32 Å². The van der Waals surface area contributed by atoms with E-state index in [-0.39, 0.29) is 6.54 Å². The van der Waals surface area contributed by atoms with Crippen molar-refractivity contribution < 1.29 is 18.0 Å². The predicted octanol–water partition coefficient (Wildman–Crippen LogP) is 2.19. The molecule has 1 aliphatic rings. The van der Waals surface area contributed by atoms with Crippen molar-refractivity contribution >= 4 is 16.8 Å². The molecule has 0 unspecified atom stereocenters. The molecule has 0 aliphatic carbocycles. The molecule has 4 rings (SSSR count). The highest BCUT2D eigenvalue weighted by molar-refractivity contribution is 6.08. The summed E-state index contributed by atoms with van der Waals surface area (Å²) in [5.41, 5.74) is -0.904. The Morgan fingerprint density at radius 3 is 2.73 bits per heavy atom. The molecule has 0 atom stereocenters. The number of aromatic nitrogens is 5. The Morgan fingerprint density at radius 1 is 1.27 bits per heavy atom. The summed E-state index contributed by atoms with van der Waals surface area (Å²) in [5.74, 6) is -0.145. The van der Waals surface area contributed by atoms with Gasteiger partial charge < -0.3 is 10.3 Å². The van der Waals surface area contributed by atoms with E-state index in [2.05, 4.69) is 41.2 Å². The van der Waals surface area contributed by atoms with Crippen LogP contribution >= 0.6 is 0 Å². The number of H-pyrrole nitrogens is 2. The molecular formula is C14H11F3N8O. The molecule has 134 valence electrons. The van der Waals surface area contributed by atoms with Crippen LogP contribution in [-0.2, 0) is 0 Å². The number of halogens is 3. The molecule has 26 heavy (non-hydrogen) atoms. The molecule has 0 radical (unpaired) electrons. The molecular weight excluding hydrogens is 353 g/mol. The van der Waals surface area contributed by atoms with Crippen molar-refractivity contribution in [2.75, 3.05) is 6.54 Å². The molecule has 0 fully saturated rings. The van der Waals surface area contributed by atoms with Crippen LogP contribution in [0.15, 0.2) is 34.6 Å². The molecule has 3 N–H and O–H groups in total. The van der Waals surface area contributed by atoms with Gasteiger partial charge in [0.1, 0.15) is 0 Å². The second kappa shape index (κ2) is 5.61. The number of carbonyl (C=O) groups is 1. The third-order valence-corrected chi connectivity index (χ3v) is 4.10. The first-order valence-corrected chi connectivity index (χ1v) is 7.54. The van der Waals surface area contributed by atoms with Gasteiger partial charge in [-0.3, -0.25) is 4.79 Å². The van der Waals surface area contributed by atoms with Crippen molar-refractivity contribution in [3.63, 3.8) is 0 Å². The lowest BCUT2D eigenvalue weighted by molar-refractivity contribution is -0.164. The van der Waals surface area contributed by atoms with Crippen molar-refractivity contribution in [3.8, 4) is 11.4 Å². The van der Waals surface area contributed by atoms with Gasteiger partial charge >= 0.3 is 6.18 Å². The summed E-state index contributed by atoms with van der Waals surface area (Å²) in [6.07, 6.45) is -3.35. The third-order valence-electron chi connectivity index (χ3n) is 4.10. The highest BCUT2D eigenvalue weighted by atomic mass is 19.4. The number of rotatable bonds is 5. The van der Waals surface area contributed by atoms with Gasteiger partial charge in [0.05, 0.1) is 11.1 Å². The normalized spacial score (nSPS) is 15.3.